The van der Waals surface area contributed by atoms with Crippen molar-refractivity contribution in [1.29, 1.82) is 0 Å². The van der Waals surface area contributed by atoms with Crippen LogP contribution in [0.4, 0.5) is 17.1 Å². The Kier molecular flexibility index (Phi) is 6.57. The molecule has 7 nitrogen and oxygen atoms in total. The lowest BCUT2D eigenvalue weighted by molar-refractivity contribution is -0.115. The molecular formula is C25H26N4O3S. The number of hydrogen-bond donors (Lipinski definition) is 2. The minimum atomic E-state index is -3.43. The van der Waals surface area contributed by atoms with Crippen molar-refractivity contribution in [2.45, 2.75) is 12.3 Å². The van der Waals surface area contributed by atoms with Crippen LogP contribution in [0, 0.1) is 0 Å². The van der Waals surface area contributed by atoms with Crippen LogP contribution in [0.5, 0.6) is 0 Å². The summed E-state index contributed by atoms with van der Waals surface area (Å²) in [7, 11) is -3.43. The number of benzene rings is 3. The first-order valence-electron chi connectivity index (χ1n) is 10.7. The van der Waals surface area contributed by atoms with E-state index in [9.17, 15) is 13.2 Å². The highest BCUT2D eigenvalue weighted by Crippen LogP contribution is 2.36. The predicted octanol–water partition coefficient (Wildman–Crippen LogP) is 3.66. The summed E-state index contributed by atoms with van der Waals surface area (Å²) in [5.74, 6) is -0.666. The van der Waals surface area contributed by atoms with Crippen LogP contribution in [-0.4, -0.2) is 39.4 Å². The Hall–Kier alpha value is -3.49. The first kappa shape index (κ1) is 22.7. The second kappa shape index (κ2) is 9.56. The topological polar surface area (TPSA) is 105 Å². The fraction of sp³-hybridized carbons (Fsp3) is 0.200. The highest BCUT2D eigenvalue weighted by atomic mass is 32.2. The van der Waals surface area contributed by atoms with Crippen LogP contribution in [0.3, 0.4) is 0 Å². The third-order valence-electron chi connectivity index (χ3n) is 5.49. The molecule has 1 unspecified atom stereocenters. The summed E-state index contributed by atoms with van der Waals surface area (Å²) in [5, 5.41) is 2.94. The van der Waals surface area contributed by atoms with Gasteiger partial charge in [0.25, 0.3) is 0 Å². The van der Waals surface area contributed by atoms with Gasteiger partial charge < -0.3 is 11.1 Å². The lowest BCUT2D eigenvalue weighted by Crippen LogP contribution is -2.31. The van der Waals surface area contributed by atoms with Gasteiger partial charge in [0.05, 0.1) is 23.3 Å². The fourth-order valence-corrected chi connectivity index (χ4v) is 4.90. The smallest absolute Gasteiger partial charge is 0.238 e. The Balaban J connectivity index is 1.74. The zero-order valence-corrected chi connectivity index (χ0v) is 19.1. The zero-order valence-electron chi connectivity index (χ0n) is 18.3. The molecule has 0 saturated heterocycles. The predicted molar refractivity (Wildman–Crippen MR) is 133 cm³/mol. The van der Waals surface area contributed by atoms with Gasteiger partial charge in [-0.15, -0.1) is 0 Å². The summed E-state index contributed by atoms with van der Waals surface area (Å²) in [4.78, 5) is 17.8. The van der Waals surface area contributed by atoms with Crippen LogP contribution in [0.2, 0.25) is 0 Å². The summed E-state index contributed by atoms with van der Waals surface area (Å²) in [5.41, 5.74) is 9.89. The number of nitrogens with zero attached hydrogens (tertiary/aromatic N) is 2. The lowest BCUT2D eigenvalue weighted by atomic mass is 9.90. The SMILES string of the molecule is CS(=O)(=O)N(CCCN)c1ccc(N=C(c2ccccc2)C2C(=O)Nc3ccccc32)cc1. The molecule has 4 rings (SSSR count). The molecule has 1 aliphatic rings. The van der Waals surface area contributed by atoms with E-state index in [0.29, 0.717) is 36.6 Å². The number of anilines is 2. The molecule has 3 aromatic rings. The van der Waals surface area contributed by atoms with Crippen LogP contribution in [0.15, 0.2) is 83.9 Å². The molecule has 3 N–H and O–H groups in total. The Morgan fingerprint density at radius 2 is 1.67 bits per heavy atom. The number of carbonyl (C=O) groups is 1. The summed E-state index contributed by atoms with van der Waals surface area (Å²) in [6.45, 7) is 0.714. The molecule has 1 atom stereocenters. The summed E-state index contributed by atoms with van der Waals surface area (Å²) >= 11 is 0. The van der Waals surface area contributed by atoms with Gasteiger partial charge in [-0.25, -0.2) is 8.42 Å². The van der Waals surface area contributed by atoms with E-state index in [2.05, 4.69) is 5.32 Å². The zero-order chi connectivity index (χ0) is 23.4. The van der Waals surface area contributed by atoms with Crippen LogP contribution in [-0.2, 0) is 14.8 Å². The maximum absolute atomic E-state index is 12.9. The number of amides is 1. The Morgan fingerprint density at radius 3 is 2.33 bits per heavy atom. The van der Waals surface area contributed by atoms with Crippen molar-refractivity contribution in [1.82, 2.24) is 0 Å². The number of fused-ring (bicyclic) bond motifs is 1. The van der Waals surface area contributed by atoms with E-state index in [1.165, 1.54) is 10.6 Å². The number of para-hydroxylation sites is 1. The van der Waals surface area contributed by atoms with Crippen molar-refractivity contribution in [2.75, 3.05) is 29.0 Å². The largest absolute Gasteiger partial charge is 0.330 e. The normalized spacial score (nSPS) is 15.8. The maximum atomic E-state index is 12.9. The van der Waals surface area contributed by atoms with Gasteiger partial charge in [-0.05, 0) is 54.4 Å². The fourth-order valence-electron chi connectivity index (χ4n) is 3.94. The number of sulfonamides is 1. The van der Waals surface area contributed by atoms with Crippen LogP contribution in [0.1, 0.15) is 23.5 Å². The van der Waals surface area contributed by atoms with Crippen molar-refractivity contribution >= 4 is 38.7 Å². The maximum Gasteiger partial charge on any atom is 0.238 e. The van der Waals surface area contributed by atoms with E-state index < -0.39 is 15.9 Å². The molecule has 0 spiro atoms. The van der Waals surface area contributed by atoms with Gasteiger partial charge in [0.1, 0.15) is 5.92 Å². The summed E-state index contributed by atoms with van der Waals surface area (Å²) in [6, 6.07) is 24.2. The van der Waals surface area contributed by atoms with E-state index in [1.54, 1.807) is 24.3 Å². The molecule has 0 fully saturated rings. The number of nitrogens with one attached hydrogen (secondary N) is 1. The van der Waals surface area contributed by atoms with Gasteiger partial charge in [0, 0.05) is 12.2 Å². The number of rotatable bonds is 8. The number of aliphatic imine (C=N–C) groups is 1. The first-order chi connectivity index (χ1) is 15.9. The van der Waals surface area contributed by atoms with Gasteiger partial charge in [0.2, 0.25) is 15.9 Å². The van der Waals surface area contributed by atoms with E-state index in [4.69, 9.17) is 10.7 Å². The van der Waals surface area contributed by atoms with Crippen LogP contribution < -0.4 is 15.4 Å². The molecule has 170 valence electrons. The Bertz CT molecular complexity index is 1270. The van der Waals surface area contributed by atoms with Crippen LogP contribution in [0.25, 0.3) is 0 Å². The van der Waals surface area contributed by atoms with E-state index in [1.807, 2.05) is 54.6 Å². The van der Waals surface area contributed by atoms with Gasteiger partial charge in [-0.3, -0.25) is 14.1 Å². The summed E-state index contributed by atoms with van der Waals surface area (Å²) < 4.78 is 25.8. The van der Waals surface area contributed by atoms with Gasteiger partial charge in [-0.1, -0.05) is 48.5 Å². The Labute approximate surface area is 194 Å². The lowest BCUT2D eigenvalue weighted by Gasteiger charge is -2.22. The van der Waals surface area contributed by atoms with E-state index in [0.717, 1.165) is 16.8 Å². The monoisotopic (exact) mass is 462 g/mol. The van der Waals surface area contributed by atoms with Crippen molar-refractivity contribution in [3.8, 4) is 0 Å². The first-order valence-corrected chi connectivity index (χ1v) is 12.5. The molecule has 3 aromatic carbocycles. The molecule has 0 aliphatic carbocycles. The molecule has 1 aliphatic heterocycles. The standard InChI is InChI=1S/C25H26N4O3S/c1-33(31,32)29(17-7-16-26)20-14-12-19(13-15-20)27-24(18-8-3-2-4-9-18)23-21-10-5-6-11-22(21)28-25(23)30/h2-6,8-15,23H,7,16-17,26H2,1H3,(H,28,30). The number of hydrogen-bond acceptors (Lipinski definition) is 5. The third kappa shape index (κ3) is 4.97. The minimum Gasteiger partial charge on any atom is -0.330 e. The second-order valence-electron chi connectivity index (χ2n) is 7.87. The minimum absolute atomic E-state index is 0.125. The third-order valence-corrected chi connectivity index (χ3v) is 6.68. The van der Waals surface area contributed by atoms with Gasteiger partial charge in [-0.2, -0.15) is 0 Å². The van der Waals surface area contributed by atoms with Crippen molar-refractivity contribution in [3.05, 3.63) is 90.0 Å². The Morgan fingerprint density at radius 1 is 1.00 bits per heavy atom. The van der Waals surface area contributed by atoms with Crippen molar-refractivity contribution in [3.63, 3.8) is 0 Å². The quantitative estimate of drug-likeness (QED) is 0.499. The van der Waals surface area contributed by atoms with Gasteiger partial charge >= 0.3 is 0 Å². The molecule has 0 aromatic heterocycles. The molecule has 0 radical (unpaired) electrons. The average molecular weight is 463 g/mol. The highest BCUT2D eigenvalue weighted by molar-refractivity contribution is 7.92. The van der Waals surface area contributed by atoms with E-state index >= 15 is 0 Å². The average Bonchev–Trinajstić information content (AvgIpc) is 3.14. The second-order valence-corrected chi connectivity index (χ2v) is 9.77. The molecule has 1 amide bonds. The molecule has 0 bridgehead atoms. The molecular weight excluding hydrogens is 436 g/mol. The van der Waals surface area contributed by atoms with Gasteiger partial charge in [0.15, 0.2) is 0 Å². The molecule has 33 heavy (non-hydrogen) atoms. The number of nitrogens with two attached hydrogens (primary N) is 1. The molecule has 1 heterocycles. The molecule has 0 saturated carbocycles. The van der Waals surface area contributed by atoms with Crippen molar-refractivity contribution in [2.24, 2.45) is 10.7 Å². The molecule has 8 heteroatoms. The van der Waals surface area contributed by atoms with E-state index in [-0.39, 0.29) is 5.91 Å². The van der Waals surface area contributed by atoms with Crippen LogP contribution >= 0.6 is 0 Å². The van der Waals surface area contributed by atoms with Crippen molar-refractivity contribution < 1.29 is 13.2 Å². The summed E-state index contributed by atoms with van der Waals surface area (Å²) in [6.07, 6.45) is 1.74. The highest BCUT2D eigenvalue weighted by Gasteiger charge is 2.35. The number of carbonyl (C=O) groups excluding carboxylic acids is 1.